The molecule has 0 spiro atoms. The first-order chi connectivity index (χ1) is 11.3. The third-order valence-electron chi connectivity index (χ3n) is 6.77. The molecule has 5 rings (SSSR count). The first kappa shape index (κ1) is 16.6. The Morgan fingerprint density at radius 2 is 1.50 bits per heavy atom. The van der Waals surface area contributed by atoms with Gasteiger partial charge in [-0.15, -0.1) is 0 Å². The van der Waals surface area contributed by atoms with Gasteiger partial charge < -0.3 is 10.2 Å². The summed E-state index contributed by atoms with van der Waals surface area (Å²) in [4.78, 5) is 14.3. The van der Waals surface area contributed by atoms with Crippen molar-refractivity contribution in [3.8, 4) is 0 Å². The molecule has 1 heterocycles. The second-order valence-electron chi connectivity index (χ2n) is 8.73. The largest absolute Gasteiger partial charge is 0.337 e. The molecule has 2 amide bonds. The second-order valence-corrected chi connectivity index (χ2v) is 10.7. The lowest BCUT2D eigenvalue weighted by atomic mass is 9.49. The van der Waals surface area contributed by atoms with Crippen molar-refractivity contribution >= 4 is 16.1 Å². The lowest BCUT2D eigenvalue weighted by Crippen LogP contribution is -2.56. The molecule has 0 unspecified atom stereocenters. The Bertz CT molecular complexity index is 575. The van der Waals surface area contributed by atoms with Crippen LogP contribution < -0.4 is 5.32 Å². The van der Waals surface area contributed by atoms with E-state index in [0.29, 0.717) is 31.6 Å². The minimum Gasteiger partial charge on any atom is -0.337 e. The average Bonchev–Trinajstić information content (AvgIpc) is 2.51. The molecule has 0 aromatic carbocycles. The zero-order chi connectivity index (χ0) is 16.9. The maximum atomic E-state index is 12.5. The van der Waals surface area contributed by atoms with Crippen LogP contribution in [0.3, 0.4) is 0 Å². The molecule has 6 nitrogen and oxygen atoms in total. The molecule has 136 valence electrons. The fourth-order valence-electron chi connectivity index (χ4n) is 6.10. The van der Waals surface area contributed by atoms with Crippen molar-refractivity contribution in [3.63, 3.8) is 0 Å². The molecule has 0 radical (unpaired) electrons. The summed E-state index contributed by atoms with van der Waals surface area (Å²) in [6.45, 7) is 2.59. The van der Waals surface area contributed by atoms with Gasteiger partial charge in [-0.1, -0.05) is 0 Å². The third-order valence-corrected chi connectivity index (χ3v) is 8.08. The van der Waals surface area contributed by atoms with E-state index in [1.807, 2.05) is 0 Å². The Hall–Kier alpha value is -0.820. The number of amides is 2. The van der Waals surface area contributed by atoms with Crippen LogP contribution in [0.5, 0.6) is 0 Å². The molecule has 1 aliphatic heterocycles. The van der Waals surface area contributed by atoms with Gasteiger partial charge in [-0.25, -0.2) is 13.2 Å². The smallest absolute Gasteiger partial charge is 0.317 e. The van der Waals surface area contributed by atoms with Gasteiger partial charge in [0.25, 0.3) is 0 Å². The molecular weight excluding hydrogens is 326 g/mol. The number of nitrogens with one attached hydrogen (secondary N) is 1. The van der Waals surface area contributed by atoms with Crippen LogP contribution in [0.1, 0.15) is 38.5 Å². The van der Waals surface area contributed by atoms with Gasteiger partial charge in [0.2, 0.25) is 10.0 Å². The molecule has 0 atom stereocenters. The van der Waals surface area contributed by atoms with Crippen LogP contribution in [0.2, 0.25) is 0 Å². The van der Waals surface area contributed by atoms with Crippen molar-refractivity contribution in [1.82, 2.24) is 14.5 Å². The van der Waals surface area contributed by atoms with E-state index in [4.69, 9.17) is 0 Å². The summed E-state index contributed by atoms with van der Waals surface area (Å²) >= 11 is 0. The molecule has 0 aromatic heterocycles. The first-order valence-electron chi connectivity index (χ1n) is 9.31. The van der Waals surface area contributed by atoms with E-state index in [-0.39, 0.29) is 6.03 Å². The van der Waals surface area contributed by atoms with Gasteiger partial charge in [0.1, 0.15) is 0 Å². The first-order valence-corrected chi connectivity index (χ1v) is 11.2. The Kier molecular flexibility index (Phi) is 4.07. The number of sulfonamides is 1. The van der Waals surface area contributed by atoms with Gasteiger partial charge >= 0.3 is 6.03 Å². The summed E-state index contributed by atoms with van der Waals surface area (Å²) in [5, 5.41) is 3.18. The van der Waals surface area contributed by atoms with Gasteiger partial charge in [0, 0.05) is 32.7 Å². The topological polar surface area (TPSA) is 69.7 Å². The molecule has 5 fully saturated rings. The molecule has 7 heteroatoms. The van der Waals surface area contributed by atoms with Gasteiger partial charge in [-0.2, -0.15) is 4.31 Å². The number of carbonyl (C=O) groups excluding carboxylic acids is 1. The second kappa shape index (κ2) is 5.87. The van der Waals surface area contributed by atoms with Crippen LogP contribution in [-0.2, 0) is 10.0 Å². The van der Waals surface area contributed by atoms with E-state index in [9.17, 15) is 13.2 Å². The number of urea groups is 1. The quantitative estimate of drug-likeness (QED) is 0.834. The molecule has 4 aliphatic carbocycles. The maximum Gasteiger partial charge on any atom is 0.317 e. The lowest BCUT2D eigenvalue weighted by Gasteiger charge is -2.57. The summed E-state index contributed by atoms with van der Waals surface area (Å²) in [7, 11) is -3.14. The van der Waals surface area contributed by atoms with Crippen molar-refractivity contribution in [2.24, 2.45) is 23.2 Å². The molecular formula is C17H29N3O3S. The third kappa shape index (κ3) is 3.17. The number of hydrogen-bond donors (Lipinski definition) is 1. The van der Waals surface area contributed by atoms with Gasteiger partial charge in [-0.3, -0.25) is 0 Å². The molecule has 1 saturated heterocycles. The van der Waals surface area contributed by atoms with Crippen molar-refractivity contribution in [2.75, 3.05) is 39.0 Å². The molecule has 24 heavy (non-hydrogen) atoms. The Morgan fingerprint density at radius 3 is 1.96 bits per heavy atom. The number of hydrogen-bond acceptors (Lipinski definition) is 3. The summed E-state index contributed by atoms with van der Waals surface area (Å²) < 4.78 is 24.6. The highest BCUT2D eigenvalue weighted by atomic mass is 32.2. The predicted molar refractivity (Wildman–Crippen MR) is 92.0 cm³/mol. The van der Waals surface area contributed by atoms with E-state index >= 15 is 0 Å². The molecule has 4 bridgehead atoms. The number of piperazine rings is 1. The van der Waals surface area contributed by atoms with E-state index in [2.05, 4.69) is 5.32 Å². The number of nitrogens with zero attached hydrogens (tertiary/aromatic N) is 2. The Morgan fingerprint density at radius 1 is 1.00 bits per heavy atom. The Labute approximate surface area is 145 Å². The van der Waals surface area contributed by atoms with E-state index in [0.717, 1.165) is 24.3 Å². The highest BCUT2D eigenvalue weighted by Gasteiger charge is 2.50. The zero-order valence-corrected chi connectivity index (χ0v) is 15.4. The average molecular weight is 356 g/mol. The van der Waals surface area contributed by atoms with Crippen LogP contribution in [0.4, 0.5) is 4.79 Å². The Balaban J connectivity index is 1.30. The minimum atomic E-state index is -3.14. The van der Waals surface area contributed by atoms with Crippen LogP contribution in [-0.4, -0.2) is 62.6 Å². The van der Waals surface area contributed by atoms with E-state index < -0.39 is 10.0 Å². The highest BCUT2D eigenvalue weighted by molar-refractivity contribution is 7.88. The standard InChI is InChI=1S/C17H29N3O3S/c1-24(22,23)20-4-2-19(3-5-20)16(21)18-12-17-9-13-6-14(10-17)8-15(7-13)11-17/h13-15H,2-12H2,1H3,(H,18,21). The van der Waals surface area contributed by atoms with Gasteiger partial charge in [-0.05, 0) is 61.7 Å². The number of rotatable bonds is 3. The van der Waals surface area contributed by atoms with Crippen molar-refractivity contribution < 1.29 is 13.2 Å². The molecule has 4 saturated carbocycles. The molecule has 0 aromatic rings. The van der Waals surface area contributed by atoms with E-state index in [1.165, 1.54) is 49.1 Å². The molecule has 5 aliphatic rings. The van der Waals surface area contributed by atoms with Gasteiger partial charge in [0.05, 0.1) is 6.26 Å². The van der Waals surface area contributed by atoms with Crippen LogP contribution in [0.15, 0.2) is 0 Å². The van der Waals surface area contributed by atoms with Gasteiger partial charge in [0.15, 0.2) is 0 Å². The summed E-state index contributed by atoms with van der Waals surface area (Å²) in [6.07, 6.45) is 9.36. The summed E-state index contributed by atoms with van der Waals surface area (Å²) in [5.41, 5.74) is 0.346. The van der Waals surface area contributed by atoms with E-state index in [1.54, 1.807) is 4.90 Å². The normalized spacial score (nSPS) is 39.2. The maximum absolute atomic E-state index is 12.5. The van der Waals surface area contributed by atoms with Crippen LogP contribution >= 0.6 is 0 Å². The lowest BCUT2D eigenvalue weighted by molar-refractivity contribution is -0.0503. The highest BCUT2D eigenvalue weighted by Crippen LogP contribution is 2.59. The monoisotopic (exact) mass is 355 g/mol. The zero-order valence-electron chi connectivity index (χ0n) is 14.5. The minimum absolute atomic E-state index is 0.0149. The fraction of sp³-hybridized carbons (Fsp3) is 0.941. The van der Waals surface area contributed by atoms with Crippen molar-refractivity contribution in [2.45, 2.75) is 38.5 Å². The van der Waals surface area contributed by atoms with Crippen molar-refractivity contribution in [1.29, 1.82) is 0 Å². The SMILES string of the molecule is CS(=O)(=O)N1CCN(C(=O)NCC23CC4CC(CC(C4)C2)C3)CC1. The van der Waals surface area contributed by atoms with Crippen LogP contribution in [0.25, 0.3) is 0 Å². The van der Waals surface area contributed by atoms with Crippen LogP contribution in [0, 0.1) is 23.2 Å². The summed E-state index contributed by atoms with van der Waals surface area (Å²) in [6, 6.07) is -0.0149. The number of carbonyl (C=O) groups is 1. The molecule has 1 N–H and O–H groups in total. The van der Waals surface area contributed by atoms with Crippen molar-refractivity contribution in [3.05, 3.63) is 0 Å². The summed E-state index contributed by atoms with van der Waals surface area (Å²) in [5.74, 6) is 2.68. The fourth-order valence-corrected chi connectivity index (χ4v) is 6.93. The predicted octanol–water partition coefficient (Wildman–Crippen LogP) is 1.49.